The SMILES string of the molecule is Cc1c(NC(=O)C2COc3ccc(Cl)cc3C2)cccc1[N+](=O)[O-]. The first-order chi connectivity index (χ1) is 11.5. The van der Waals surface area contributed by atoms with Gasteiger partial charge in [0.05, 0.1) is 22.1 Å². The Kier molecular flexibility index (Phi) is 4.40. The number of nitrogens with one attached hydrogen (secondary N) is 1. The predicted octanol–water partition coefficient (Wildman–Crippen LogP) is 3.75. The zero-order valence-electron chi connectivity index (χ0n) is 12.9. The number of ether oxygens (including phenoxy) is 1. The van der Waals surface area contributed by atoms with Crippen LogP contribution in [-0.2, 0) is 11.2 Å². The molecule has 6 nitrogen and oxygen atoms in total. The summed E-state index contributed by atoms with van der Waals surface area (Å²) in [6.07, 6.45) is 0.510. The van der Waals surface area contributed by atoms with Gasteiger partial charge in [-0.1, -0.05) is 17.7 Å². The third-order valence-corrected chi connectivity index (χ3v) is 4.29. The number of nitro groups is 1. The smallest absolute Gasteiger partial charge is 0.274 e. The monoisotopic (exact) mass is 346 g/mol. The highest BCUT2D eigenvalue weighted by Gasteiger charge is 2.27. The van der Waals surface area contributed by atoms with E-state index in [1.54, 1.807) is 37.3 Å². The van der Waals surface area contributed by atoms with E-state index in [0.717, 1.165) is 11.3 Å². The first kappa shape index (κ1) is 16.3. The van der Waals surface area contributed by atoms with E-state index in [9.17, 15) is 14.9 Å². The van der Waals surface area contributed by atoms with Gasteiger partial charge in [-0.15, -0.1) is 0 Å². The quantitative estimate of drug-likeness (QED) is 0.678. The number of hydrogen-bond donors (Lipinski definition) is 1. The first-order valence-corrected chi connectivity index (χ1v) is 7.79. The molecule has 1 aliphatic rings. The van der Waals surface area contributed by atoms with Crippen molar-refractivity contribution < 1.29 is 14.5 Å². The van der Waals surface area contributed by atoms with Gasteiger partial charge in [0.2, 0.25) is 5.91 Å². The Morgan fingerprint density at radius 2 is 2.17 bits per heavy atom. The van der Waals surface area contributed by atoms with Crippen LogP contribution in [-0.4, -0.2) is 17.4 Å². The van der Waals surface area contributed by atoms with Crippen LogP contribution in [0.2, 0.25) is 5.02 Å². The van der Waals surface area contributed by atoms with Crippen LogP contribution in [0, 0.1) is 23.0 Å². The topological polar surface area (TPSA) is 81.5 Å². The van der Waals surface area contributed by atoms with Crippen molar-refractivity contribution in [2.45, 2.75) is 13.3 Å². The fourth-order valence-corrected chi connectivity index (χ4v) is 2.92. The van der Waals surface area contributed by atoms with Gasteiger partial charge in [0.25, 0.3) is 5.69 Å². The van der Waals surface area contributed by atoms with E-state index in [1.807, 2.05) is 0 Å². The third kappa shape index (κ3) is 3.19. The van der Waals surface area contributed by atoms with Crippen molar-refractivity contribution in [3.05, 3.63) is 62.7 Å². The van der Waals surface area contributed by atoms with E-state index in [1.165, 1.54) is 6.07 Å². The van der Waals surface area contributed by atoms with Crippen molar-refractivity contribution in [1.82, 2.24) is 0 Å². The lowest BCUT2D eigenvalue weighted by Gasteiger charge is -2.25. The number of carbonyl (C=O) groups excluding carboxylic acids is 1. The van der Waals surface area contributed by atoms with Crippen molar-refractivity contribution in [3.8, 4) is 5.75 Å². The lowest BCUT2D eigenvalue weighted by molar-refractivity contribution is -0.385. The maximum Gasteiger partial charge on any atom is 0.274 e. The van der Waals surface area contributed by atoms with Crippen molar-refractivity contribution in [2.24, 2.45) is 5.92 Å². The fraction of sp³-hybridized carbons (Fsp3) is 0.235. The number of benzene rings is 2. The molecule has 2 aromatic rings. The van der Waals surface area contributed by atoms with Crippen LogP contribution in [0.4, 0.5) is 11.4 Å². The summed E-state index contributed by atoms with van der Waals surface area (Å²) < 4.78 is 5.61. The second kappa shape index (κ2) is 6.49. The molecule has 0 saturated carbocycles. The summed E-state index contributed by atoms with van der Waals surface area (Å²) >= 11 is 5.98. The Morgan fingerprint density at radius 3 is 2.92 bits per heavy atom. The standard InChI is InChI=1S/C17H15ClN2O4/c1-10-14(3-2-4-15(10)20(22)23)19-17(21)12-7-11-8-13(18)5-6-16(11)24-9-12/h2-6,8,12H,7,9H2,1H3,(H,19,21). The average Bonchev–Trinajstić information content (AvgIpc) is 2.55. The summed E-state index contributed by atoms with van der Waals surface area (Å²) in [6.45, 7) is 1.87. The molecule has 0 bridgehead atoms. The number of halogens is 1. The molecule has 1 aliphatic heterocycles. The lowest BCUT2D eigenvalue weighted by Crippen LogP contribution is -2.32. The number of hydrogen-bond acceptors (Lipinski definition) is 4. The number of carbonyl (C=O) groups is 1. The van der Waals surface area contributed by atoms with Crippen molar-refractivity contribution in [3.63, 3.8) is 0 Å². The maximum atomic E-state index is 12.5. The zero-order chi connectivity index (χ0) is 17.3. The van der Waals surface area contributed by atoms with Gasteiger partial charge in [0, 0.05) is 11.1 Å². The number of fused-ring (bicyclic) bond motifs is 1. The second-order valence-electron chi connectivity index (χ2n) is 5.66. The largest absolute Gasteiger partial charge is 0.492 e. The van der Waals surface area contributed by atoms with Crippen molar-refractivity contribution >= 4 is 28.9 Å². The molecule has 24 heavy (non-hydrogen) atoms. The summed E-state index contributed by atoms with van der Waals surface area (Å²) in [5.41, 5.74) is 1.72. The molecule has 0 aliphatic carbocycles. The Labute approximate surface area is 143 Å². The highest BCUT2D eigenvalue weighted by molar-refractivity contribution is 6.30. The van der Waals surface area contributed by atoms with E-state index >= 15 is 0 Å². The van der Waals surface area contributed by atoms with E-state index in [2.05, 4.69) is 5.32 Å². The number of anilines is 1. The minimum absolute atomic E-state index is 0.0233. The second-order valence-corrected chi connectivity index (χ2v) is 6.10. The van der Waals surface area contributed by atoms with Crippen LogP contribution in [0.1, 0.15) is 11.1 Å². The van der Waals surface area contributed by atoms with Crippen LogP contribution < -0.4 is 10.1 Å². The number of amides is 1. The highest BCUT2D eigenvalue weighted by atomic mass is 35.5. The van der Waals surface area contributed by atoms with E-state index in [4.69, 9.17) is 16.3 Å². The summed E-state index contributed by atoms with van der Waals surface area (Å²) in [4.78, 5) is 23.0. The molecule has 124 valence electrons. The van der Waals surface area contributed by atoms with Crippen LogP contribution in [0.15, 0.2) is 36.4 Å². The Balaban J connectivity index is 1.77. The van der Waals surface area contributed by atoms with Gasteiger partial charge in [-0.2, -0.15) is 0 Å². The van der Waals surface area contributed by atoms with Gasteiger partial charge >= 0.3 is 0 Å². The number of nitrogens with zero attached hydrogens (tertiary/aromatic N) is 1. The van der Waals surface area contributed by atoms with Gasteiger partial charge in [0.1, 0.15) is 12.4 Å². The molecule has 2 aromatic carbocycles. The molecule has 7 heteroatoms. The van der Waals surface area contributed by atoms with Gasteiger partial charge < -0.3 is 10.1 Å². The normalized spacial score (nSPS) is 16.0. The van der Waals surface area contributed by atoms with Gasteiger partial charge in [0.15, 0.2) is 0 Å². The molecule has 0 radical (unpaired) electrons. The zero-order valence-corrected chi connectivity index (χ0v) is 13.7. The summed E-state index contributed by atoms with van der Waals surface area (Å²) in [6, 6.07) is 9.92. The molecule has 0 spiro atoms. The average molecular weight is 347 g/mol. The molecular weight excluding hydrogens is 332 g/mol. The fourth-order valence-electron chi connectivity index (χ4n) is 2.72. The molecule has 1 amide bonds. The lowest BCUT2D eigenvalue weighted by atomic mass is 9.96. The highest BCUT2D eigenvalue weighted by Crippen LogP contribution is 2.31. The number of nitro benzene ring substituents is 1. The molecule has 3 rings (SSSR count). The predicted molar refractivity (Wildman–Crippen MR) is 90.6 cm³/mol. The van der Waals surface area contributed by atoms with Crippen molar-refractivity contribution in [1.29, 1.82) is 0 Å². The molecule has 0 aromatic heterocycles. The van der Waals surface area contributed by atoms with E-state index < -0.39 is 4.92 Å². The van der Waals surface area contributed by atoms with Gasteiger partial charge in [-0.05, 0) is 43.2 Å². The molecule has 1 N–H and O–H groups in total. The van der Waals surface area contributed by atoms with Crippen LogP contribution in [0.5, 0.6) is 5.75 Å². The minimum atomic E-state index is -0.465. The summed E-state index contributed by atoms with van der Waals surface area (Å²) in [5, 5.41) is 14.3. The third-order valence-electron chi connectivity index (χ3n) is 4.06. The van der Waals surface area contributed by atoms with Crippen LogP contribution >= 0.6 is 11.6 Å². The Hall–Kier alpha value is -2.60. The van der Waals surface area contributed by atoms with Crippen LogP contribution in [0.3, 0.4) is 0 Å². The molecule has 1 heterocycles. The molecular formula is C17H15ClN2O4. The Bertz CT molecular complexity index is 822. The molecule has 0 fully saturated rings. The van der Waals surface area contributed by atoms with Gasteiger partial charge in [-0.25, -0.2) is 0 Å². The van der Waals surface area contributed by atoms with Crippen LogP contribution in [0.25, 0.3) is 0 Å². The molecule has 1 atom stereocenters. The van der Waals surface area contributed by atoms with E-state index in [-0.39, 0.29) is 24.1 Å². The maximum absolute atomic E-state index is 12.5. The van der Waals surface area contributed by atoms with Gasteiger partial charge in [-0.3, -0.25) is 14.9 Å². The Morgan fingerprint density at radius 1 is 1.38 bits per heavy atom. The summed E-state index contributed by atoms with van der Waals surface area (Å²) in [7, 11) is 0. The first-order valence-electron chi connectivity index (χ1n) is 7.42. The van der Waals surface area contributed by atoms with E-state index in [0.29, 0.717) is 22.7 Å². The molecule has 0 saturated heterocycles. The van der Waals surface area contributed by atoms with Crippen molar-refractivity contribution in [2.75, 3.05) is 11.9 Å². The molecule has 1 unspecified atom stereocenters. The minimum Gasteiger partial charge on any atom is -0.492 e. The number of rotatable bonds is 3. The summed E-state index contributed by atoms with van der Waals surface area (Å²) in [5.74, 6) is 0.119.